The molecule has 0 saturated carbocycles. The lowest BCUT2D eigenvalue weighted by Crippen LogP contribution is -2.20. The molecule has 0 spiro atoms. The maximum absolute atomic E-state index is 12.2. The van der Waals surface area contributed by atoms with E-state index < -0.39 is 6.36 Å². The van der Waals surface area contributed by atoms with Crippen molar-refractivity contribution in [3.8, 4) is 5.75 Å². The number of aryl methyl sites for hydroxylation is 1. The molecule has 2 aromatic carbocycles. The van der Waals surface area contributed by atoms with Crippen molar-refractivity contribution in [2.24, 2.45) is 0 Å². The molecule has 2 N–H and O–H groups in total. The summed E-state index contributed by atoms with van der Waals surface area (Å²) < 4.78 is 40.5. The average molecular weight is 361 g/mol. The van der Waals surface area contributed by atoms with Crippen LogP contribution in [0, 0.1) is 6.92 Å². The second-order valence-corrected chi connectivity index (χ2v) is 5.45. The first kappa shape index (κ1) is 17.4. The lowest BCUT2D eigenvalue weighted by atomic mass is 10.2. The fourth-order valence-corrected chi connectivity index (χ4v) is 2.29. The number of anilines is 2. The van der Waals surface area contributed by atoms with Crippen molar-refractivity contribution in [3.05, 3.63) is 53.1 Å². The molecule has 0 aromatic heterocycles. The standard InChI is InChI=1S/C15H12ClF3N2OS/c1-9-5-6-13(12(16)7-9)21-14(23)20-10-3-2-4-11(8-10)22-15(17,18)19/h2-8H,1H3,(H2,20,21,23). The molecule has 0 aliphatic heterocycles. The van der Waals surface area contributed by atoms with Crippen LogP contribution in [0.1, 0.15) is 5.56 Å². The zero-order valence-corrected chi connectivity index (χ0v) is 13.4. The number of halogens is 4. The zero-order valence-electron chi connectivity index (χ0n) is 11.9. The molecule has 0 bridgehead atoms. The van der Waals surface area contributed by atoms with E-state index in [1.165, 1.54) is 18.2 Å². The molecule has 122 valence electrons. The van der Waals surface area contributed by atoms with Gasteiger partial charge in [0.2, 0.25) is 0 Å². The van der Waals surface area contributed by atoms with Crippen LogP contribution in [0.25, 0.3) is 0 Å². The number of alkyl halides is 3. The first-order valence-electron chi connectivity index (χ1n) is 6.43. The third kappa shape index (κ3) is 5.61. The van der Waals surface area contributed by atoms with Crippen LogP contribution >= 0.6 is 23.8 Å². The number of nitrogens with one attached hydrogen (secondary N) is 2. The van der Waals surface area contributed by atoms with Crippen LogP contribution in [0.4, 0.5) is 24.5 Å². The van der Waals surface area contributed by atoms with Crippen LogP contribution in [-0.4, -0.2) is 11.5 Å². The van der Waals surface area contributed by atoms with E-state index in [1.807, 2.05) is 13.0 Å². The van der Waals surface area contributed by atoms with Gasteiger partial charge in [-0.15, -0.1) is 13.2 Å². The Balaban J connectivity index is 2.04. The molecule has 0 amide bonds. The fourth-order valence-electron chi connectivity index (χ4n) is 1.78. The van der Waals surface area contributed by atoms with Gasteiger partial charge in [0.05, 0.1) is 10.7 Å². The van der Waals surface area contributed by atoms with E-state index in [9.17, 15) is 13.2 Å². The third-order valence-corrected chi connectivity index (χ3v) is 3.22. The van der Waals surface area contributed by atoms with Gasteiger partial charge in [0.25, 0.3) is 0 Å². The third-order valence-electron chi connectivity index (χ3n) is 2.70. The van der Waals surface area contributed by atoms with Gasteiger partial charge in [-0.05, 0) is 49.0 Å². The van der Waals surface area contributed by atoms with E-state index in [4.69, 9.17) is 23.8 Å². The second kappa shape index (κ2) is 7.06. The van der Waals surface area contributed by atoms with Gasteiger partial charge in [-0.25, -0.2) is 0 Å². The number of hydrogen-bond donors (Lipinski definition) is 2. The van der Waals surface area contributed by atoms with Crippen LogP contribution in [0.15, 0.2) is 42.5 Å². The molecule has 0 aliphatic carbocycles. The number of rotatable bonds is 3. The van der Waals surface area contributed by atoms with E-state index in [2.05, 4.69) is 15.4 Å². The molecule has 0 atom stereocenters. The number of hydrogen-bond acceptors (Lipinski definition) is 2. The van der Waals surface area contributed by atoms with Crippen molar-refractivity contribution in [1.82, 2.24) is 0 Å². The van der Waals surface area contributed by atoms with Gasteiger partial charge < -0.3 is 15.4 Å². The van der Waals surface area contributed by atoms with Crippen molar-refractivity contribution in [2.45, 2.75) is 13.3 Å². The summed E-state index contributed by atoms with van der Waals surface area (Å²) >= 11 is 11.2. The van der Waals surface area contributed by atoms with Gasteiger partial charge in [0, 0.05) is 11.8 Å². The molecular weight excluding hydrogens is 349 g/mol. The molecule has 0 radical (unpaired) electrons. The normalized spacial score (nSPS) is 11.0. The minimum atomic E-state index is -4.74. The highest BCUT2D eigenvalue weighted by Gasteiger charge is 2.31. The summed E-state index contributed by atoms with van der Waals surface area (Å²) in [5, 5.41) is 6.34. The minimum Gasteiger partial charge on any atom is -0.406 e. The molecule has 23 heavy (non-hydrogen) atoms. The van der Waals surface area contributed by atoms with Gasteiger partial charge in [0.1, 0.15) is 5.75 Å². The van der Waals surface area contributed by atoms with Gasteiger partial charge in [0.15, 0.2) is 5.11 Å². The highest BCUT2D eigenvalue weighted by atomic mass is 35.5. The van der Waals surface area contributed by atoms with Crippen molar-refractivity contribution < 1.29 is 17.9 Å². The predicted octanol–water partition coefficient (Wildman–Crippen LogP) is 5.36. The molecule has 8 heteroatoms. The summed E-state index contributed by atoms with van der Waals surface area (Å²) in [5.41, 5.74) is 1.95. The van der Waals surface area contributed by atoms with Crippen LogP contribution in [0.2, 0.25) is 5.02 Å². The van der Waals surface area contributed by atoms with Crippen LogP contribution in [-0.2, 0) is 0 Å². The summed E-state index contributed by atoms with van der Waals surface area (Å²) in [6.07, 6.45) is -4.74. The van der Waals surface area contributed by atoms with Gasteiger partial charge in [-0.1, -0.05) is 23.7 Å². The largest absolute Gasteiger partial charge is 0.573 e. The Kier molecular flexibility index (Phi) is 5.33. The van der Waals surface area contributed by atoms with E-state index in [-0.39, 0.29) is 10.9 Å². The van der Waals surface area contributed by atoms with Crippen LogP contribution < -0.4 is 15.4 Å². The fraction of sp³-hybridized carbons (Fsp3) is 0.133. The summed E-state index contributed by atoms with van der Waals surface area (Å²) in [6, 6.07) is 10.8. The van der Waals surface area contributed by atoms with E-state index in [0.29, 0.717) is 16.4 Å². The van der Waals surface area contributed by atoms with Gasteiger partial charge in [-0.3, -0.25) is 0 Å². The maximum Gasteiger partial charge on any atom is 0.573 e. The number of thiocarbonyl (C=S) groups is 1. The maximum atomic E-state index is 12.2. The second-order valence-electron chi connectivity index (χ2n) is 4.64. The Bertz CT molecular complexity index is 722. The SMILES string of the molecule is Cc1ccc(NC(=S)Nc2cccc(OC(F)(F)F)c2)c(Cl)c1. The summed E-state index contributed by atoms with van der Waals surface area (Å²) in [4.78, 5) is 0. The molecule has 0 fully saturated rings. The van der Waals surface area contributed by atoms with Gasteiger partial charge in [-0.2, -0.15) is 0 Å². The average Bonchev–Trinajstić information content (AvgIpc) is 2.40. The Morgan fingerprint density at radius 1 is 1.13 bits per heavy atom. The Labute approximate surface area is 141 Å². The first-order valence-corrected chi connectivity index (χ1v) is 7.21. The quantitative estimate of drug-likeness (QED) is 0.722. The molecular formula is C15H12ClF3N2OS. The molecule has 0 unspecified atom stereocenters. The van der Waals surface area contributed by atoms with Crippen molar-refractivity contribution >= 4 is 40.3 Å². The van der Waals surface area contributed by atoms with Crippen molar-refractivity contribution in [2.75, 3.05) is 10.6 Å². The lowest BCUT2D eigenvalue weighted by Gasteiger charge is -2.13. The predicted molar refractivity (Wildman–Crippen MR) is 89.2 cm³/mol. The van der Waals surface area contributed by atoms with E-state index in [0.717, 1.165) is 5.56 Å². The topological polar surface area (TPSA) is 33.3 Å². The smallest absolute Gasteiger partial charge is 0.406 e. The monoisotopic (exact) mass is 360 g/mol. The lowest BCUT2D eigenvalue weighted by molar-refractivity contribution is -0.274. The Hall–Kier alpha value is -1.99. The molecule has 0 heterocycles. The first-order chi connectivity index (χ1) is 10.7. The highest BCUT2D eigenvalue weighted by Crippen LogP contribution is 2.26. The van der Waals surface area contributed by atoms with Crippen molar-refractivity contribution in [3.63, 3.8) is 0 Å². The minimum absolute atomic E-state index is 0.194. The number of benzene rings is 2. The summed E-state index contributed by atoms with van der Waals surface area (Å²) in [6.45, 7) is 1.90. The van der Waals surface area contributed by atoms with Gasteiger partial charge >= 0.3 is 6.36 Å². The highest BCUT2D eigenvalue weighted by molar-refractivity contribution is 7.80. The van der Waals surface area contributed by atoms with Crippen LogP contribution in [0.3, 0.4) is 0 Å². The Morgan fingerprint density at radius 2 is 1.87 bits per heavy atom. The summed E-state index contributed by atoms with van der Waals surface area (Å²) in [7, 11) is 0. The van der Waals surface area contributed by atoms with Crippen molar-refractivity contribution in [1.29, 1.82) is 0 Å². The Morgan fingerprint density at radius 3 is 2.52 bits per heavy atom. The van der Waals surface area contributed by atoms with E-state index >= 15 is 0 Å². The molecule has 2 rings (SSSR count). The van der Waals surface area contributed by atoms with E-state index in [1.54, 1.807) is 18.2 Å². The molecule has 0 saturated heterocycles. The number of ether oxygens (including phenoxy) is 1. The molecule has 2 aromatic rings. The summed E-state index contributed by atoms with van der Waals surface area (Å²) in [5.74, 6) is -0.335. The molecule has 3 nitrogen and oxygen atoms in total. The van der Waals surface area contributed by atoms with Crippen LogP contribution in [0.5, 0.6) is 5.75 Å². The zero-order chi connectivity index (χ0) is 17.0. The molecule has 0 aliphatic rings.